The summed E-state index contributed by atoms with van der Waals surface area (Å²) in [5.41, 5.74) is 2.64. The molecule has 1 unspecified atom stereocenters. The molecule has 0 bridgehead atoms. The zero-order valence-corrected chi connectivity index (χ0v) is 17.3. The second-order valence-electron chi connectivity index (χ2n) is 8.29. The van der Waals surface area contributed by atoms with Crippen molar-refractivity contribution in [3.8, 4) is 0 Å². The van der Waals surface area contributed by atoms with E-state index in [4.69, 9.17) is 0 Å². The molecule has 0 radical (unpaired) electrons. The van der Waals surface area contributed by atoms with Gasteiger partial charge in [-0.2, -0.15) is 0 Å². The van der Waals surface area contributed by atoms with Crippen LogP contribution in [0.15, 0.2) is 36.7 Å². The predicted octanol–water partition coefficient (Wildman–Crippen LogP) is 3.43. The van der Waals surface area contributed by atoms with Crippen LogP contribution in [0.25, 0.3) is 0 Å². The molecule has 4 rings (SSSR count). The van der Waals surface area contributed by atoms with Crippen LogP contribution in [0.5, 0.6) is 0 Å². The molecule has 1 aromatic carbocycles. The van der Waals surface area contributed by atoms with Crippen LogP contribution in [0.3, 0.4) is 0 Å². The summed E-state index contributed by atoms with van der Waals surface area (Å²) >= 11 is 0. The van der Waals surface area contributed by atoms with Crippen LogP contribution in [-0.4, -0.2) is 52.3 Å². The van der Waals surface area contributed by atoms with Gasteiger partial charge in [-0.25, -0.2) is 9.97 Å². The predicted molar refractivity (Wildman–Crippen MR) is 117 cm³/mol. The van der Waals surface area contributed by atoms with Gasteiger partial charge >= 0.3 is 0 Å². The Balaban J connectivity index is 1.31. The van der Waals surface area contributed by atoms with Gasteiger partial charge in [0.25, 0.3) is 0 Å². The summed E-state index contributed by atoms with van der Waals surface area (Å²) in [6.07, 6.45) is 9.15. The number of aliphatic hydroxyl groups is 1. The molecule has 2 N–H and O–H groups in total. The van der Waals surface area contributed by atoms with Gasteiger partial charge < -0.3 is 15.3 Å². The van der Waals surface area contributed by atoms with Crippen LogP contribution < -0.4 is 10.2 Å². The first kappa shape index (κ1) is 20.1. The minimum Gasteiger partial charge on any atom is -0.394 e. The van der Waals surface area contributed by atoms with Crippen molar-refractivity contribution < 1.29 is 5.11 Å². The van der Waals surface area contributed by atoms with E-state index in [1.54, 1.807) is 6.33 Å². The smallest absolute Gasteiger partial charge is 0.134 e. The Morgan fingerprint density at radius 1 is 0.931 bits per heavy atom. The molecule has 0 aliphatic carbocycles. The number of aromatic nitrogens is 2. The van der Waals surface area contributed by atoms with E-state index in [1.165, 1.54) is 49.9 Å². The lowest BCUT2D eigenvalue weighted by Crippen LogP contribution is -2.32. The number of anilines is 2. The molecule has 29 heavy (non-hydrogen) atoms. The zero-order chi connectivity index (χ0) is 19.9. The summed E-state index contributed by atoms with van der Waals surface area (Å²) < 4.78 is 0. The fraction of sp³-hybridized carbons (Fsp3) is 0.565. The molecule has 6 heteroatoms. The molecule has 1 aromatic heterocycles. The SMILES string of the molecule is OCC1CCCN1c1cc(NCc2ccc(CN3CCCCCC3)cc2)ncn1. The van der Waals surface area contributed by atoms with Gasteiger partial charge in [0, 0.05) is 25.7 Å². The van der Waals surface area contributed by atoms with Gasteiger partial charge in [-0.3, -0.25) is 4.90 Å². The molecule has 0 amide bonds. The molecular formula is C23H33N5O. The highest BCUT2D eigenvalue weighted by Gasteiger charge is 2.25. The van der Waals surface area contributed by atoms with E-state index in [0.29, 0.717) is 0 Å². The van der Waals surface area contributed by atoms with E-state index >= 15 is 0 Å². The second kappa shape index (κ2) is 10.0. The average molecular weight is 396 g/mol. The Morgan fingerprint density at radius 3 is 2.45 bits per heavy atom. The van der Waals surface area contributed by atoms with Gasteiger partial charge in [-0.15, -0.1) is 0 Å². The van der Waals surface area contributed by atoms with E-state index in [2.05, 4.69) is 49.4 Å². The standard InChI is InChI=1S/C23H33N5O/c29-17-21-6-5-13-28(21)23-14-22(25-18-26-23)24-15-19-7-9-20(10-8-19)16-27-11-3-1-2-4-12-27/h7-10,14,18,21,29H,1-6,11-13,15-17H2,(H,24,25,26). The molecule has 0 spiro atoms. The normalized spacial score (nSPS) is 20.6. The van der Waals surface area contributed by atoms with Crippen molar-refractivity contribution in [2.75, 3.05) is 36.5 Å². The van der Waals surface area contributed by atoms with Gasteiger partial charge in [0.05, 0.1) is 12.6 Å². The second-order valence-corrected chi connectivity index (χ2v) is 8.29. The molecule has 0 saturated carbocycles. The van der Waals surface area contributed by atoms with Crippen LogP contribution in [0.2, 0.25) is 0 Å². The van der Waals surface area contributed by atoms with Gasteiger partial charge in [-0.05, 0) is 49.9 Å². The summed E-state index contributed by atoms with van der Waals surface area (Å²) in [6, 6.07) is 11.1. The van der Waals surface area contributed by atoms with Crippen molar-refractivity contribution in [2.24, 2.45) is 0 Å². The molecule has 6 nitrogen and oxygen atoms in total. The van der Waals surface area contributed by atoms with Crippen molar-refractivity contribution in [1.82, 2.24) is 14.9 Å². The molecule has 2 fully saturated rings. The van der Waals surface area contributed by atoms with E-state index in [1.807, 2.05) is 6.07 Å². The highest BCUT2D eigenvalue weighted by molar-refractivity contribution is 5.50. The third kappa shape index (κ3) is 5.46. The van der Waals surface area contributed by atoms with Crippen LogP contribution in [0.1, 0.15) is 49.7 Å². The van der Waals surface area contributed by atoms with E-state index in [0.717, 1.165) is 44.1 Å². The number of aliphatic hydroxyl groups excluding tert-OH is 1. The Morgan fingerprint density at radius 2 is 1.69 bits per heavy atom. The third-order valence-corrected chi connectivity index (χ3v) is 6.14. The lowest BCUT2D eigenvalue weighted by atomic mass is 10.1. The molecule has 3 heterocycles. The largest absolute Gasteiger partial charge is 0.394 e. The topological polar surface area (TPSA) is 64.5 Å². The molecular weight excluding hydrogens is 362 g/mol. The molecule has 2 aliphatic heterocycles. The Hall–Kier alpha value is -2.18. The molecule has 2 aliphatic rings. The zero-order valence-electron chi connectivity index (χ0n) is 17.3. The minimum absolute atomic E-state index is 0.175. The molecule has 156 valence electrons. The van der Waals surface area contributed by atoms with Gasteiger partial charge in [-0.1, -0.05) is 37.1 Å². The van der Waals surface area contributed by atoms with Crippen LogP contribution in [-0.2, 0) is 13.1 Å². The molecule has 2 saturated heterocycles. The van der Waals surface area contributed by atoms with Gasteiger partial charge in [0.2, 0.25) is 0 Å². The molecule has 2 aromatic rings. The highest BCUT2D eigenvalue weighted by atomic mass is 16.3. The Kier molecular flexibility index (Phi) is 6.96. The van der Waals surface area contributed by atoms with Crippen molar-refractivity contribution >= 4 is 11.6 Å². The van der Waals surface area contributed by atoms with Crippen LogP contribution in [0.4, 0.5) is 11.6 Å². The number of nitrogens with one attached hydrogen (secondary N) is 1. The quantitative estimate of drug-likeness (QED) is 0.749. The minimum atomic E-state index is 0.175. The first-order valence-corrected chi connectivity index (χ1v) is 11.1. The van der Waals surface area contributed by atoms with E-state index in [-0.39, 0.29) is 12.6 Å². The summed E-state index contributed by atoms with van der Waals surface area (Å²) in [7, 11) is 0. The summed E-state index contributed by atoms with van der Waals surface area (Å²) in [5.74, 6) is 1.72. The summed E-state index contributed by atoms with van der Waals surface area (Å²) in [6.45, 7) is 5.38. The monoisotopic (exact) mass is 395 g/mol. The maximum Gasteiger partial charge on any atom is 0.134 e. The first-order chi connectivity index (χ1) is 14.3. The van der Waals surface area contributed by atoms with E-state index in [9.17, 15) is 5.11 Å². The van der Waals surface area contributed by atoms with E-state index < -0.39 is 0 Å². The summed E-state index contributed by atoms with van der Waals surface area (Å²) in [5, 5.41) is 13.0. The number of likely N-dealkylation sites (tertiary alicyclic amines) is 1. The van der Waals surface area contributed by atoms with Gasteiger partial charge in [0.1, 0.15) is 18.0 Å². The van der Waals surface area contributed by atoms with Crippen molar-refractivity contribution in [1.29, 1.82) is 0 Å². The average Bonchev–Trinajstić information content (AvgIpc) is 3.10. The Labute approximate surface area is 174 Å². The fourth-order valence-corrected chi connectivity index (χ4v) is 4.44. The number of hydrogen-bond acceptors (Lipinski definition) is 6. The number of benzene rings is 1. The third-order valence-electron chi connectivity index (χ3n) is 6.14. The lowest BCUT2D eigenvalue weighted by molar-refractivity contribution is 0.266. The number of hydrogen-bond donors (Lipinski definition) is 2. The molecule has 1 atom stereocenters. The number of rotatable bonds is 7. The maximum absolute atomic E-state index is 9.56. The van der Waals surface area contributed by atoms with Crippen molar-refractivity contribution in [2.45, 2.75) is 57.7 Å². The maximum atomic E-state index is 9.56. The first-order valence-electron chi connectivity index (χ1n) is 11.1. The lowest BCUT2D eigenvalue weighted by Gasteiger charge is -2.24. The Bertz CT molecular complexity index is 758. The van der Waals surface area contributed by atoms with Gasteiger partial charge in [0.15, 0.2) is 0 Å². The summed E-state index contributed by atoms with van der Waals surface area (Å²) in [4.78, 5) is 13.5. The fourth-order valence-electron chi connectivity index (χ4n) is 4.44. The number of nitrogens with zero attached hydrogens (tertiary/aromatic N) is 4. The van der Waals surface area contributed by atoms with Crippen LogP contribution >= 0.6 is 0 Å². The van der Waals surface area contributed by atoms with Crippen molar-refractivity contribution in [3.63, 3.8) is 0 Å². The van der Waals surface area contributed by atoms with Crippen LogP contribution in [0, 0.1) is 0 Å². The highest BCUT2D eigenvalue weighted by Crippen LogP contribution is 2.24. The van der Waals surface area contributed by atoms with Crippen molar-refractivity contribution in [3.05, 3.63) is 47.8 Å².